The third-order valence-electron chi connectivity index (χ3n) is 2.88. The van der Waals surface area contributed by atoms with Crippen molar-refractivity contribution in [2.45, 2.75) is 16.4 Å². The summed E-state index contributed by atoms with van der Waals surface area (Å²) in [6, 6.07) is 11.3. The zero-order chi connectivity index (χ0) is 17.1. The molecule has 2 aromatic carbocycles. The van der Waals surface area contributed by atoms with Crippen molar-refractivity contribution in [2.24, 2.45) is 0 Å². The molecular weight excluding hydrogens is 342 g/mol. The lowest BCUT2D eigenvalue weighted by molar-refractivity contribution is 0.0794. The number of nitrogens with one attached hydrogen (secondary N) is 1. The predicted octanol–water partition coefficient (Wildman–Crippen LogP) is 1.21. The van der Waals surface area contributed by atoms with Gasteiger partial charge in [0, 0.05) is 6.26 Å². The van der Waals surface area contributed by atoms with Crippen LogP contribution in [-0.2, 0) is 31.3 Å². The van der Waals surface area contributed by atoms with E-state index in [0.717, 1.165) is 6.26 Å². The van der Waals surface area contributed by atoms with E-state index in [1.54, 1.807) is 12.1 Å². The fraction of sp³-hybridized carbons (Fsp3) is 0.143. The molecular formula is C14H15NO6S2. The molecule has 0 saturated heterocycles. The number of phenolic OH excluding ortho intramolecular Hbond substituents is 1. The van der Waals surface area contributed by atoms with E-state index in [4.69, 9.17) is 9.94 Å². The summed E-state index contributed by atoms with van der Waals surface area (Å²) in [5, 5.41) is 9.16. The maximum atomic E-state index is 12.2. The quantitative estimate of drug-likeness (QED) is 0.752. The van der Waals surface area contributed by atoms with Crippen molar-refractivity contribution < 1.29 is 26.8 Å². The predicted molar refractivity (Wildman–Crippen MR) is 82.8 cm³/mol. The van der Waals surface area contributed by atoms with Crippen LogP contribution in [0.3, 0.4) is 0 Å². The number of phenols is 1. The van der Waals surface area contributed by atoms with Crippen LogP contribution in [0.25, 0.3) is 0 Å². The number of rotatable bonds is 6. The molecule has 0 bridgehead atoms. The second kappa shape index (κ2) is 6.67. The zero-order valence-electron chi connectivity index (χ0n) is 12.1. The Balaban J connectivity index is 2.15. The van der Waals surface area contributed by atoms with Gasteiger partial charge in [0.1, 0.15) is 10.6 Å². The van der Waals surface area contributed by atoms with E-state index in [0.29, 0.717) is 5.56 Å². The highest BCUT2D eigenvalue weighted by Crippen LogP contribution is 2.20. The van der Waals surface area contributed by atoms with Crippen LogP contribution >= 0.6 is 0 Å². The zero-order valence-corrected chi connectivity index (χ0v) is 13.8. The highest BCUT2D eigenvalue weighted by Gasteiger charge is 2.23. The summed E-state index contributed by atoms with van der Waals surface area (Å²) >= 11 is 0. The van der Waals surface area contributed by atoms with Crippen molar-refractivity contribution in [1.82, 2.24) is 4.89 Å². The summed E-state index contributed by atoms with van der Waals surface area (Å²) in [4.78, 5) is 6.14. The molecule has 0 aromatic heterocycles. The Morgan fingerprint density at radius 1 is 0.957 bits per heavy atom. The van der Waals surface area contributed by atoms with Gasteiger partial charge in [0.2, 0.25) is 0 Å². The molecule has 124 valence electrons. The molecule has 0 aliphatic rings. The van der Waals surface area contributed by atoms with Crippen molar-refractivity contribution in [1.29, 1.82) is 0 Å². The van der Waals surface area contributed by atoms with Gasteiger partial charge in [0.05, 0.1) is 11.5 Å². The van der Waals surface area contributed by atoms with Gasteiger partial charge in [-0.3, -0.25) is 4.84 Å². The Labute approximate surface area is 134 Å². The van der Waals surface area contributed by atoms with Crippen LogP contribution in [0.4, 0.5) is 0 Å². The molecule has 2 aromatic rings. The Morgan fingerprint density at radius 3 is 2.09 bits per heavy atom. The summed E-state index contributed by atoms with van der Waals surface area (Å²) in [6.07, 6.45) is 0.929. The first-order valence-electron chi connectivity index (χ1n) is 6.41. The third kappa shape index (κ3) is 4.52. The lowest BCUT2D eigenvalue weighted by Crippen LogP contribution is -2.25. The summed E-state index contributed by atoms with van der Waals surface area (Å²) in [7, 11) is -7.85. The second-order valence-corrected chi connectivity index (χ2v) is 8.36. The molecule has 9 heteroatoms. The van der Waals surface area contributed by atoms with Gasteiger partial charge in [-0.05, 0) is 29.8 Å². The second-order valence-electron chi connectivity index (χ2n) is 4.76. The average molecular weight is 357 g/mol. The van der Waals surface area contributed by atoms with Gasteiger partial charge >= 0.3 is 0 Å². The lowest BCUT2D eigenvalue weighted by Gasteiger charge is -2.10. The molecule has 7 nitrogen and oxygen atoms in total. The summed E-state index contributed by atoms with van der Waals surface area (Å²) in [5.74, 6) is 0.0800. The molecule has 0 fully saturated rings. The number of sulfone groups is 1. The molecule has 0 saturated carbocycles. The minimum Gasteiger partial charge on any atom is -0.508 e. The maximum absolute atomic E-state index is 12.2. The SMILES string of the molecule is CS(=O)(=O)c1ccccc1S(=O)(=O)NOCc1ccc(O)cc1. The third-order valence-corrected chi connectivity index (χ3v) is 5.44. The van der Waals surface area contributed by atoms with Gasteiger partial charge in [-0.2, -0.15) is 0 Å². The van der Waals surface area contributed by atoms with Crippen LogP contribution in [-0.4, -0.2) is 28.2 Å². The van der Waals surface area contributed by atoms with Crippen LogP contribution in [0.5, 0.6) is 5.75 Å². The topological polar surface area (TPSA) is 110 Å². The van der Waals surface area contributed by atoms with Gasteiger partial charge in [-0.15, -0.1) is 0 Å². The fourth-order valence-electron chi connectivity index (χ4n) is 1.81. The molecule has 0 spiro atoms. The van der Waals surface area contributed by atoms with Gasteiger partial charge in [-0.1, -0.05) is 29.2 Å². The van der Waals surface area contributed by atoms with Gasteiger partial charge in [0.25, 0.3) is 10.0 Å². The van der Waals surface area contributed by atoms with E-state index >= 15 is 0 Å². The lowest BCUT2D eigenvalue weighted by atomic mass is 10.2. The minimum atomic E-state index is -4.15. The van der Waals surface area contributed by atoms with Crippen LogP contribution in [0.2, 0.25) is 0 Å². The Hall–Kier alpha value is -1.94. The van der Waals surface area contributed by atoms with Crippen molar-refractivity contribution in [2.75, 3.05) is 6.26 Å². The normalized spacial score (nSPS) is 12.2. The Bertz CT molecular complexity index is 889. The van der Waals surface area contributed by atoms with Crippen LogP contribution < -0.4 is 4.89 Å². The van der Waals surface area contributed by atoms with Crippen molar-refractivity contribution in [3.8, 4) is 5.75 Å². The molecule has 2 rings (SSSR count). The monoisotopic (exact) mass is 357 g/mol. The largest absolute Gasteiger partial charge is 0.508 e. The van der Waals surface area contributed by atoms with Crippen LogP contribution in [0.15, 0.2) is 58.3 Å². The van der Waals surface area contributed by atoms with Gasteiger partial charge in [0.15, 0.2) is 9.84 Å². The summed E-state index contributed by atoms with van der Waals surface area (Å²) in [5.41, 5.74) is 0.627. The van der Waals surface area contributed by atoms with E-state index in [1.807, 2.05) is 4.89 Å². The highest BCUT2D eigenvalue weighted by molar-refractivity contribution is 7.93. The number of benzene rings is 2. The van der Waals surface area contributed by atoms with Gasteiger partial charge in [-0.25, -0.2) is 16.8 Å². The molecule has 2 N–H and O–H groups in total. The first kappa shape index (κ1) is 17.4. The first-order chi connectivity index (χ1) is 10.7. The van der Waals surface area contributed by atoms with Crippen molar-refractivity contribution in [3.05, 3.63) is 54.1 Å². The van der Waals surface area contributed by atoms with E-state index < -0.39 is 19.9 Å². The standard InChI is InChI=1S/C14H15NO6S2/c1-22(17,18)13-4-2-3-5-14(13)23(19,20)15-21-10-11-6-8-12(16)9-7-11/h2-9,15-16H,10H2,1H3. The van der Waals surface area contributed by atoms with E-state index in [-0.39, 0.29) is 22.1 Å². The average Bonchev–Trinajstić information content (AvgIpc) is 2.48. The van der Waals surface area contributed by atoms with Crippen molar-refractivity contribution >= 4 is 19.9 Å². The van der Waals surface area contributed by atoms with Crippen molar-refractivity contribution in [3.63, 3.8) is 0 Å². The molecule has 0 aliphatic heterocycles. The maximum Gasteiger partial charge on any atom is 0.263 e. The Morgan fingerprint density at radius 2 is 1.52 bits per heavy atom. The van der Waals surface area contributed by atoms with E-state index in [2.05, 4.69) is 0 Å². The molecule has 23 heavy (non-hydrogen) atoms. The number of aromatic hydroxyl groups is 1. The van der Waals surface area contributed by atoms with E-state index in [9.17, 15) is 16.8 Å². The van der Waals surface area contributed by atoms with Crippen LogP contribution in [0.1, 0.15) is 5.56 Å². The van der Waals surface area contributed by atoms with E-state index in [1.165, 1.54) is 36.4 Å². The molecule has 0 unspecified atom stereocenters. The van der Waals surface area contributed by atoms with Crippen LogP contribution in [0, 0.1) is 0 Å². The molecule has 0 aliphatic carbocycles. The summed E-state index contributed by atoms with van der Waals surface area (Å²) in [6.45, 7) is -0.0828. The fourth-order valence-corrected chi connectivity index (χ4v) is 4.24. The first-order valence-corrected chi connectivity index (χ1v) is 9.78. The number of hydrogen-bond acceptors (Lipinski definition) is 6. The number of sulfonamides is 1. The summed E-state index contributed by atoms with van der Waals surface area (Å²) < 4.78 is 47.7. The minimum absolute atomic E-state index is 0.0800. The number of hydrogen-bond donors (Lipinski definition) is 2. The van der Waals surface area contributed by atoms with Gasteiger partial charge < -0.3 is 5.11 Å². The highest BCUT2D eigenvalue weighted by atomic mass is 32.2. The molecule has 0 radical (unpaired) electrons. The molecule has 0 atom stereocenters. The molecule has 0 amide bonds. The Kier molecular flexibility index (Phi) is 5.05. The molecule has 0 heterocycles. The smallest absolute Gasteiger partial charge is 0.263 e.